The summed E-state index contributed by atoms with van der Waals surface area (Å²) in [5, 5.41) is 3.20. The van der Waals surface area contributed by atoms with E-state index in [-0.39, 0.29) is 11.9 Å². The number of amides is 1. The third-order valence-corrected chi connectivity index (χ3v) is 4.82. The van der Waals surface area contributed by atoms with E-state index in [0.29, 0.717) is 17.9 Å². The highest BCUT2D eigenvalue weighted by Crippen LogP contribution is 2.39. The van der Waals surface area contributed by atoms with Gasteiger partial charge in [-0.15, -0.1) is 0 Å². The second-order valence-electron chi connectivity index (χ2n) is 6.01. The van der Waals surface area contributed by atoms with E-state index in [1.54, 1.807) is 6.20 Å². The van der Waals surface area contributed by atoms with Crippen molar-refractivity contribution in [1.29, 1.82) is 0 Å². The Balaban J connectivity index is 2.00. The molecule has 0 aromatic carbocycles. The summed E-state index contributed by atoms with van der Waals surface area (Å²) in [4.78, 5) is 23.1. The maximum Gasteiger partial charge on any atom is 0.245 e. The van der Waals surface area contributed by atoms with E-state index in [1.165, 1.54) is 19.2 Å². The fourth-order valence-corrected chi connectivity index (χ4v) is 3.92. The Morgan fingerprint density at radius 1 is 1.40 bits per heavy atom. The summed E-state index contributed by atoms with van der Waals surface area (Å²) in [7, 11) is 1.87. The van der Waals surface area contributed by atoms with Crippen molar-refractivity contribution in [3.63, 3.8) is 0 Å². The first-order valence-corrected chi connectivity index (χ1v) is 7.48. The quantitative estimate of drug-likeness (QED) is 0.890. The van der Waals surface area contributed by atoms with Crippen molar-refractivity contribution >= 4 is 11.7 Å². The first kappa shape index (κ1) is 13.5. The van der Waals surface area contributed by atoms with Crippen LogP contribution in [0, 0.1) is 11.8 Å². The smallest absolute Gasteiger partial charge is 0.245 e. The standard InChI is InChI=1S/C15H22N4O/c1-10-8-11-4-3-5-12(11)19(15(20)14(10)16-2)13-6-7-17-9-18-13/h6-7,9-12,14,16H,3-5,8H2,1-2H3. The van der Waals surface area contributed by atoms with Gasteiger partial charge in [0.25, 0.3) is 0 Å². The number of anilines is 1. The molecule has 2 fully saturated rings. The van der Waals surface area contributed by atoms with E-state index in [9.17, 15) is 4.79 Å². The molecule has 4 unspecified atom stereocenters. The molecule has 1 aromatic rings. The number of aromatic nitrogens is 2. The second-order valence-corrected chi connectivity index (χ2v) is 6.01. The molecule has 1 saturated heterocycles. The maximum absolute atomic E-state index is 12.9. The minimum Gasteiger partial charge on any atom is -0.309 e. The van der Waals surface area contributed by atoms with Gasteiger partial charge in [0.1, 0.15) is 12.1 Å². The van der Waals surface area contributed by atoms with Crippen LogP contribution in [0.5, 0.6) is 0 Å². The van der Waals surface area contributed by atoms with Crippen LogP contribution in [-0.4, -0.2) is 35.0 Å². The number of rotatable bonds is 2. The first-order chi connectivity index (χ1) is 9.72. The van der Waals surface area contributed by atoms with Gasteiger partial charge in [-0.3, -0.25) is 9.69 Å². The Bertz CT molecular complexity index is 478. The summed E-state index contributed by atoms with van der Waals surface area (Å²) in [6, 6.07) is 2.03. The van der Waals surface area contributed by atoms with Gasteiger partial charge in [-0.25, -0.2) is 9.97 Å². The van der Waals surface area contributed by atoms with Crippen molar-refractivity contribution in [2.75, 3.05) is 11.9 Å². The SMILES string of the molecule is CNC1C(=O)N(c2ccncn2)C2CCCC2CC1C. The van der Waals surface area contributed by atoms with Gasteiger partial charge in [-0.1, -0.05) is 13.3 Å². The van der Waals surface area contributed by atoms with Gasteiger partial charge in [0.05, 0.1) is 6.04 Å². The van der Waals surface area contributed by atoms with Gasteiger partial charge in [0.15, 0.2) is 0 Å². The fourth-order valence-electron chi connectivity index (χ4n) is 3.92. The number of nitrogens with zero attached hydrogens (tertiary/aromatic N) is 3. The summed E-state index contributed by atoms with van der Waals surface area (Å²) in [5.41, 5.74) is 0. The number of carbonyl (C=O) groups excluding carboxylic acids is 1. The number of hydrogen-bond acceptors (Lipinski definition) is 4. The number of fused-ring (bicyclic) bond motifs is 1. The second kappa shape index (κ2) is 5.48. The zero-order valence-electron chi connectivity index (χ0n) is 12.1. The molecule has 1 saturated carbocycles. The molecule has 1 aromatic heterocycles. The van der Waals surface area contributed by atoms with Gasteiger partial charge in [-0.05, 0) is 44.2 Å². The van der Waals surface area contributed by atoms with Crippen molar-refractivity contribution in [3.05, 3.63) is 18.6 Å². The molecule has 0 bridgehead atoms. The van der Waals surface area contributed by atoms with Crippen LogP contribution in [0.25, 0.3) is 0 Å². The molecule has 0 spiro atoms. The maximum atomic E-state index is 12.9. The lowest BCUT2D eigenvalue weighted by Gasteiger charge is -2.31. The normalized spacial score (nSPS) is 33.9. The Hall–Kier alpha value is -1.49. The van der Waals surface area contributed by atoms with Gasteiger partial charge in [-0.2, -0.15) is 0 Å². The van der Waals surface area contributed by atoms with Crippen molar-refractivity contribution in [2.45, 2.75) is 44.7 Å². The molecule has 2 aliphatic rings. The minimum absolute atomic E-state index is 0.115. The topological polar surface area (TPSA) is 58.1 Å². The number of carbonyl (C=O) groups is 1. The van der Waals surface area contributed by atoms with Crippen molar-refractivity contribution < 1.29 is 4.79 Å². The summed E-state index contributed by atoms with van der Waals surface area (Å²) in [6.07, 6.45) is 7.87. The summed E-state index contributed by atoms with van der Waals surface area (Å²) < 4.78 is 0. The molecule has 3 rings (SSSR count). The van der Waals surface area contributed by atoms with Crippen LogP contribution < -0.4 is 10.2 Å². The molecule has 5 heteroatoms. The van der Waals surface area contributed by atoms with Gasteiger partial charge in [0.2, 0.25) is 5.91 Å². The highest BCUT2D eigenvalue weighted by Gasteiger charge is 2.44. The van der Waals surface area contributed by atoms with Crippen LogP contribution in [0.2, 0.25) is 0 Å². The van der Waals surface area contributed by atoms with E-state index >= 15 is 0 Å². The molecule has 5 nitrogen and oxygen atoms in total. The number of nitrogens with one attached hydrogen (secondary N) is 1. The molecule has 2 heterocycles. The highest BCUT2D eigenvalue weighted by molar-refractivity contribution is 5.97. The number of hydrogen-bond donors (Lipinski definition) is 1. The molecule has 1 aliphatic heterocycles. The molecular weight excluding hydrogens is 252 g/mol. The van der Waals surface area contributed by atoms with Crippen molar-refractivity contribution in [1.82, 2.24) is 15.3 Å². The predicted octanol–water partition coefficient (Wildman–Crippen LogP) is 1.61. The van der Waals surface area contributed by atoms with Crippen LogP contribution in [0.1, 0.15) is 32.6 Å². The Morgan fingerprint density at radius 3 is 2.95 bits per heavy atom. The molecular formula is C15H22N4O. The van der Waals surface area contributed by atoms with E-state index in [1.807, 2.05) is 18.0 Å². The lowest BCUT2D eigenvalue weighted by atomic mass is 9.90. The van der Waals surface area contributed by atoms with Crippen molar-refractivity contribution in [3.8, 4) is 0 Å². The van der Waals surface area contributed by atoms with E-state index in [4.69, 9.17) is 0 Å². The van der Waals surface area contributed by atoms with Crippen molar-refractivity contribution in [2.24, 2.45) is 11.8 Å². The Labute approximate surface area is 119 Å². The molecule has 1 N–H and O–H groups in total. The average Bonchev–Trinajstić information content (AvgIpc) is 2.85. The highest BCUT2D eigenvalue weighted by atomic mass is 16.2. The van der Waals surface area contributed by atoms with Crippen LogP contribution in [0.4, 0.5) is 5.82 Å². The molecule has 20 heavy (non-hydrogen) atoms. The molecule has 1 aliphatic carbocycles. The molecule has 108 valence electrons. The van der Waals surface area contributed by atoms with Crippen LogP contribution >= 0.6 is 0 Å². The zero-order chi connectivity index (χ0) is 14.1. The minimum atomic E-state index is -0.115. The Kier molecular flexibility index (Phi) is 3.70. The zero-order valence-corrected chi connectivity index (χ0v) is 12.1. The lowest BCUT2D eigenvalue weighted by molar-refractivity contribution is -0.121. The lowest BCUT2D eigenvalue weighted by Crippen LogP contribution is -2.50. The predicted molar refractivity (Wildman–Crippen MR) is 77.3 cm³/mol. The third-order valence-electron chi connectivity index (χ3n) is 4.82. The third kappa shape index (κ3) is 2.20. The van der Waals surface area contributed by atoms with Gasteiger partial charge < -0.3 is 5.32 Å². The molecule has 4 atom stereocenters. The fraction of sp³-hybridized carbons (Fsp3) is 0.667. The summed E-state index contributed by atoms with van der Waals surface area (Å²) in [5.74, 6) is 1.87. The summed E-state index contributed by atoms with van der Waals surface area (Å²) >= 11 is 0. The Morgan fingerprint density at radius 2 is 2.25 bits per heavy atom. The van der Waals surface area contributed by atoms with E-state index < -0.39 is 0 Å². The van der Waals surface area contributed by atoms with E-state index in [2.05, 4.69) is 22.2 Å². The largest absolute Gasteiger partial charge is 0.309 e. The molecule has 0 radical (unpaired) electrons. The first-order valence-electron chi connectivity index (χ1n) is 7.48. The van der Waals surface area contributed by atoms with Crippen LogP contribution in [-0.2, 0) is 4.79 Å². The van der Waals surface area contributed by atoms with Crippen LogP contribution in [0.3, 0.4) is 0 Å². The van der Waals surface area contributed by atoms with Crippen LogP contribution in [0.15, 0.2) is 18.6 Å². The summed E-state index contributed by atoms with van der Waals surface area (Å²) in [6.45, 7) is 2.18. The van der Waals surface area contributed by atoms with E-state index in [0.717, 1.165) is 18.7 Å². The average molecular weight is 274 g/mol. The number of likely N-dealkylation sites (N-methyl/N-ethyl adjacent to an activating group) is 1. The van der Waals surface area contributed by atoms with Gasteiger partial charge >= 0.3 is 0 Å². The monoisotopic (exact) mass is 274 g/mol. The molecule has 1 amide bonds. The van der Waals surface area contributed by atoms with Gasteiger partial charge in [0, 0.05) is 12.2 Å².